The zero-order chi connectivity index (χ0) is 30.3. The largest absolute Gasteiger partial charge is 0.337 e. The molecule has 0 unspecified atom stereocenters. The molecule has 5 heterocycles. The van der Waals surface area contributed by atoms with E-state index in [1.54, 1.807) is 12.3 Å². The van der Waals surface area contributed by atoms with Crippen LogP contribution in [0.25, 0.3) is 55.8 Å². The zero-order valence-corrected chi connectivity index (χ0v) is 24.7. The van der Waals surface area contributed by atoms with Crippen molar-refractivity contribution in [2.24, 2.45) is 5.14 Å². The number of nitrogens with two attached hydrogens (primary N) is 1. The van der Waals surface area contributed by atoms with Crippen LogP contribution in [0.15, 0.2) is 67.1 Å². The minimum absolute atomic E-state index is 0.109. The average Bonchev–Trinajstić information content (AvgIpc) is 3.64. The van der Waals surface area contributed by atoms with E-state index in [4.69, 9.17) is 10.1 Å². The summed E-state index contributed by atoms with van der Waals surface area (Å²) in [5.41, 5.74) is 7.53. The maximum atomic E-state index is 14.6. The number of pyridine rings is 2. The number of aryl methyl sites for hydroxylation is 1. The summed E-state index contributed by atoms with van der Waals surface area (Å²) < 4.78 is 37.6. The first-order chi connectivity index (χ1) is 21.3. The van der Waals surface area contributed by atoms with E-state index >= 15 is 0 Å². The van der Waals surface area contributed by atoms with Crippen LogP contribution >= 0.6 is 0 Å². The van der Waals surface area contributed by atoms with Gasteiger partial charge in [-0.15, -0.1) is 0 Å². The van der Waals surface area contributed by atoms with Crippen molar-refractivity contribution in [3.05, 3.63) is 84.1 Å². The second kappa shape index (κ2) is 11.5. The van der Waals surface area contributed by atoms with Gasteiger partial charge in [-0.2, -0.15) is 5.10 Å². The number of rotatable bonds is 8. The van der Waals surface area contributed by atoms with Crippen molar-refractivity contribution in [2.45, 2.75) is 32.2 Å². The van der Waals surface area contributed by atoms with Crippen molar-refractivity contribution >= 4 is 32.0 Å². The van der Waals surface area contributed by atoms with Gasteiger partial charge in [-0.05, 0) is 79.4 Å². The maximum absolute atomic E-state index is 14.6. The van der Waals surface area contributed by atoms with Gasteiger partial charge in [0.05, 0.1) is 34.2 Å². The van der Waals surface area contributed by atoms with Gasteiger partial charge in [-0.25, -0.2) is 22.9 Å². The number of aromatic nitrogens is 6. The second-order valence-electron chi connectivity index (χ2n) is 11.4. The van der Waals surface area contributed by atoms with Crippen LogP contribution in [-0.2, 0) is 23.0 Å². The summed E-state index contributed by atoms with van der Waals surface area (Å²) in [6.45, 7) is 3.11. The SMILES string of the molecule is NS(=O)(=O)CCc1cc(F)cc(-c2cccc3[nH]c(-c4n[nH]c5cnc(-c6cncc(CN7CCCCC7)c6)cc45)nc23)c1. The summed E-state index contributed by atoms with van der Waals surface area (Å²) in [5, 5.41) is 13.6. The molecule has 0 radical (unpaired) electrons. The monoisotopic (exact) mass is 610 g/mol. The Morgan fingerprint density at radius 1 is 0.932 bits per heavy atom. The van der Waals surface area contributed by atoms with Crippen molar-refractivity contribution in [1.82, 2.24) is 35.0 Å². The summed E-state index contributed by atoms with van der Waals surface area (Å²) in [5.74, 6) is -0.180. The van der Waals surface area contributed by atoms with Gasteiger partial charge in [-0.1, -0.05) is 24.6 Å². The lowest BCUT2D eigenvalue weighted by atomic mass is 10.0. The minimum Gasteiger partial charge on any atom is -0.337 e. The number of likely N-dealkylation sites (tertiary alicyclic amines) is 1. The smallest absolute Gasteiger partial charge is 0.209 e. The molecular weight excluding hydrogens is 579 g/mol. The van der Waals surface area contributed by atoms with Crippen LogP contribution in [0.4, 0.5) is 4.39 Å². The second-order valence-corrected chi connectivity index (χ2v) is 13.1. The molecule has 10 nitrogen and oxygen atoms in total. The molecule has 4 aromatic heterocycles. The molecule has 6 aromatic rings. The molecule has 224 valence electrons. The molecule has 2 aromatic carbocycles. The molecule has 0 aliphatic carbocycles. The molecule has 1 fully saturated rings. The number of para-hydroxylation sites is 1. The molecule has 0 saturated carbocycles. The summed E-state index contributed by atoms with van der Waals surface area (Å²) in [4.78, 5) is 19.9. The number of aromatic amines is 2. The third-order valence-corrected chi connectivity index (χ3v) is 8.85. The van der Waals surface area contributed by atoms with Crippen molar-refractivity contribution < 1.29 is 12.8 Å². The normalized spacial score (nSPS) is 14.5. The Morgan fingerprint density at radius 2 is 1.77 bits per heavy atom. The van der Waals surface area contributed by atoms with E-state index < -0.39 is 15.8 Å². The minimum atomic E-state index is -3.68. The van der Waals surface area contributed by atoms with E-state index in [-0.39, 0.29) is 12.2 Å². The van der Waals surface area contributed by atoms with Gasteiger partial charge < -0.3 is 4.98 Å². The van der Waals surface area contributed by atoms with Gasteiger partial charge in [0, 0.05) is 35.5 Å². The molecule has 12 heteroatoms. The summed E-state index contributed by atoms with van der Waals surface area (Å²) in [6.07, 6.45) is 9.41. The fourth-order valence-electron chi connectivity index (χ4n) is 5.93. The molecule has 0 atom stereocenters. The van der Waals surface area contributed by atoms with E-state index in [9.17, 15) is 12.8 Å². The lowest BCUT2D eigenvalue weighted by Gasteiger charge is -2.26. The molecule has 1 aliphatic heterocycles. The third-order valence-electron chi connectivity index (χ3n) is 8.07. The molecule has 0 bridgehead atoms. The van der Waals surface area contributed by atoms with E-state index in [0.717, 1.165) is 52.9 Å². The highest BCUT2D eigenvalue weighted by Gasteiger charge is 2.18. The molecule has 4 N–H and O–H groups in total. The number of imidazole rings is 1. The Bertz CT molecular complexity index is 2100. The van der Waals surface area contributed by atoms with Crippen LogP contribution in [0.2, 0.25) is 0 Å². The molecule has 0 spiro atoms. The number of nitrogens with one attached hydrogen (secondary N) is 2. The number of halogens is 1. The van der Waals surface area contributed by atoms with Crippen molar-refractivity contribution in [3.63, 3.8) is 0 Å². The quantitative estimate of drug-likeness (QED) is 0.215. The Morgan fingerprint density at radius 3 is 2.61 bits per heavy atom. The number of H-pyrrole nitrogens is 2. The van der Waals surface area contributed by atoms with Gasteiger partial charge in [0.25, 0.3) is 0 Å². The molecular formula is C32H31FN8O2S. The zero-order valence-electron chi connectivity index (χ0n) is 23.9. The Labute approximate surface area is 253 Å². The van der Waals surface area contributed by atoms with Crippen molar-refractivity contribution in [1.29, 1.82) is 0 Å². The fraction of sp³-hybridized carbons (Fsp3) is 0.250. The highest BCUT2D eigenvalue weighted by atomic mass is 32.2. The Hall–Kier alpha value is -4.52. The lowest BCUT2D eigenvalue weighted by Crippen LogP contribution is -2.29. The van der Waals surface area contributed by atoms with Crippen LogP contribution in [0.3, 0.4) is 0 Å². The van der Waals surface area contributed by atoms with E-state index in [0.29, 0.717) is 33.7 Å². The van der Waals surface area contributed by atoms with Gasteiger partial charge in [0.1, 0.15) is 11.5 Å². The number of hydrogen-bond acceptors (Lipinski definition) is 7. The number of piperidine rings is 1. The predicted molar refractivity (Wildman–Crippen MR) is 168 cm³/mol. The van der Waals surface area contributed by atoms with Gasteiger partial charge >= 0.3 is 0 Å². The number of primary sulfonamides is 1. The number of nitrogens with zero attached hydrogens (tertiary/aromatic N) is 5. The first kappa shape index (κ1) is 28.3. The van der Waals surface area contributed by atoms with Gasteiger partial charge in [0.2, 0.25) is 10.0 Å². The molecule has 1 aliphatic rings. The molecule has 7 rings (SSSR count). The summed E-state index contributed by atoms with van der Waals surface area (Å²) in [7, 11) is -3.68. The predicted octanol–water partition coefficient (Wildman–Crippen LogP) is 5.19. The summed E-state index contributed by atoms with van der Waals surface area (Å²) >= 11 is 0. The standard InChI is InChI=1S/C32H31FN8O2S/c33-24-13-20(7-10-44(34,42)43)11-22(14-24)25-5-4-6-27-30(25)38-32(37-27)31-26-15-28(36-18-29(26)39-40-31)23-12-21(16-35-17-23)19-41-8-2-1-3-9-41/h4-6,11-18H,1-3,7-10,19H2,(H,37,38)(H,39,40)(H2,34,42,43). The number of fused-ring (bicyclic) bond motifs is 2. The van der Waals surface area contributed by atoms with Crippen LogP contribution < -0.4 is 5.14 Å². The van der Waals surface area contributed by atoms with Crippen molar-refractivity contribution in [2.75, 3.05) is 18.8 Å². The van der Waals surface area contributed by atoms with Crippen LogP contribution in [0.1, 0.15) is 30.4 Å². The van der Waals surface area contributed by atoms with E-state index in [1.807, 2.05) is 36.7 Å². The lowest BCUT2D eigenvalue weighted by molar-refractivity contribution is 0.220. The molecule has 1 saturated heterocycles. The summed E-state index contributed by atoms with van der Waals surface area (Å²) in [6, 6.07) is 14.3. The first-order valence-corrected chi connectivity index (χ1v) is 16.3. The average molecular weight is 611 g/mol. The van der Waals surface area contributed by atoms with Crippen LogP contribution in [0, 0.1) is 5.82 Å². The highest BCUT2D eigenvalue weighted by Crippen LogP contribution is 2.33. The van der Waals surface area contributed by atoms with Crippen LogP contribution in [0.5, 0.6) is 0 Å². The topological polar surface area (TPSA) is 147 Å². The van der Waals surface area contributed by atoms with Crippen LogP contribution in [-0.4, -0.2) is 62.3 Å². The van der Waals surface area contributed by atoms with E-state index in [2.05, 4.69) is 36.1 Å². The number of sulfonamides is 1. The highest BCUT2D eigenvalue weighted by molar-refractivity contribution is 7.89. The van der Waals surface area contributed by atoms with E-state index in [1.165, 1.54) is 31.4 Å². The van der Waals surface area contributed by atoms with Gasteiger partial charge in [-0.3, -0.25) is 20.0 Å². The molecule has 44 heavy (non-hydrogen) atoms. The first-order valence-electron chi connectivity index (χ1n) is 14.6. The third kappa shape index (κ3) is 5.96. The van der Waals surface area contributed by atoms with Crippen molar-refractivity contribution in [3.8, 4) is 33.9 Å². The number of benzene rings is 2. The fourth-order valence-corrected chi connectivity index (χ4v) is 6.45. The molecule has 0 amide bonds. The maximum Gasteiger partial charge on any atom is 0.209 e. The Balaban J connectivity index is 1.23. The van der Waals surface area contributed by atoms with Gasteiger partial charge in [0.15, 0.2) is 5.82 Å². The number of hydrogen-bond donors (Lipinski definition) is 3. The Kier molecular flexibility index (Phi) is 7.40.